The third kappa shape index (κ3) is 2.35. The van der Waals surface area contributed by atoms with Crippen molar-refractivity contribution in [1.82, 2.24) is 15.0 Å². The van der Waals surface area contributed by atoms with Crippen LogP contribution in [0.3, 0.4) is 0 Å². The SMILES string of the molecule is CC1N=CSC1Nc1nc(-c2ccccc2)nc2cc[nH]c12. The monoisotopic (exact) mass is 309 g/mol. The summed E-state index contributed by atoms with van der Waals surface area (Å²) in [5, 5.41) is 3.68. The maximum atomic E-state index is 4.72. The molecule has 2 aromatic heterocycles. The Morgan fingerprint density at radius 2 is 2.00 bits per heavy atom. The lowest BCUT2D eigenvalue weighted by atomic mass is 10.2. The van der Waals surface area contributed by atoms with Crippen molar-refractivity contribution in [3.8, 4) is 11.4 Å². The highest BCUT2D eigenvalue weighted by Crippen LogP contribution is 2.28. The van der Waals surface area contributed by atoms with Crippen LogP contribution in [0.5, 0.6) is 0 Å². The van der Waals surface area contributed by atoms with E-state index in [1.54, 1.807) is 11.8 Å². The number of hydrogen-bond donors (Lipinski definition) is 2. The van der Waals surface area contributed by atoms with E-state index >= 15 is 0 Å². The molecule has 1 aliphatic heterocycles. The van der Waals surface area contributed by atoms with Gasteiger partial charge in [0, 0.05) is 11.8 Å². The van der Waals surface area contributed by atoms with Gasteiger partial charge in [0.25, 0.3) is 0 Å². The van der Waals surface area contributed by atoms with E-state index in [0.717, 1.165) is 28.2 Å². The number of aromatic amines is 1. The van der Waals surface area contributed by atoms with E-state index < -0.39 is 0 Å². The highest BCUT2D eigenvalue weighted by molar-refractivity contribution is 8.13. The van der Waals surface area contributed by atoms with Crippen molar-refractivity contribution >= 4 is 34.2 Å². The van der Waals surface area contributed by atoms with Crippen LogP contribution in [0.2, 0.25) is 0 Å². The van der Waals surface area contributed by atoms with Crippen LogP contribution < -0.4 is 5.32 Å². The zero-order chi connectivity index (χ0) is 14.9. The molecule has 110 valence electrons. The maximum absolute atomic E-state index is 4.72. The molecule has 6 heteroatoms. The molecule has 3 heterocycles. The van der Waals surface area contributed by atoms with Crippen LogP contribution >= 0.6 is 11.8 Å². The Morgan fingerprint density at radius 1 is 1.14 bits per heavy atom. The Bertz CT molecular complexity index is 827. The number of fused-ring (bicyclic) bond motifs is 1. The zero-order valence-electron chi connectivity index (χ0n) is 12.0. The van der Waals surface area contributed by atoms with Crippen molar-refractivity contribution in [1.29, 1.82) is 0 Å². The molecule has 0 aliphatic carbocycles. The van der Waals surface area contributed by atoms with E-state index in [4.69, 9.17) is 4.98 Å². The van der Waals surface area contributed by atoms with Gasteiger partial charge in [-0.15, -0.1) is 0 Å². The normalized spacial score (nSPS) is 20.6. The summed E-state index contributed by atoms with van der Waals surface area (Å²) in [5.74, 6) is 1.55. The molecule has 2 N–H and O–H groups in total. The lowest BCUT2D eigenvalue weighted by Gasteiger charge is -2.17. The van der Waals surface area contributed by atoms with Gasteiger partial charge < -0.3 is 10.3 Å². The Hall–Kier alpha value is -2.34. The number of hydrogen-bond acceptors (Lipinski definition) is 5. The average Bonchev–Trinajstić information content (AvgIpc) is 3.17. The van der Waals surface area contributed by atoms with Gasteiger partial charge in [0.1, 0.15) is 10.9 Å². The molecular weight excluding hydrogens is 294 g/mol. The largest absolute Gasteiger partial charge is 0.357 e. The molecule has 0 spiro atoms. The smallest absolute Gasteiger partial charge is 0.162 e. The van der Waals surface area contributed by atoms with E-state index in [2.05, 4.69) is 27.2 Å². The van der Waals surface area contributed by atoms with Gasteiger partial charge in [-0.25, -0.2) is 9.97 Å². The molecule has 4 rings (SSSR count). The van der Waals surface area contributed by atoms with E-state index in [1.807, 2.05) is 48.1 Å². The Labute approximate surface area is 132 Å². The molecule has 1 aromatic carbocycles. The number of aromatic nitrogens is 3. The summed E-state index contributed by atoms with van der Waals surface area (Å²) < 4.78 is 0. The first-order valence-corrected chi connectivity index (χ1v) is 8.10. The van der Waals surface area contributed by atoms with Gasteiger partial charge in [0.05, 0.1) is 17.1 Å². The molecule has 22 heavy (non-hydrogen) atoms. The summed E-state index contributed by atoms with van der Waals surface area (Å²) in [5.41, 5.74) is 4.75. The lowest BCUT2D eigenvalue weighted by molar-refractivity contribution is 0.757. The van der Waals surface area contributed by atoms with Crippen molar-refractivity contribution in [2.45, 2.75) is 18.3 Å². The minimum atomic E-state index is 0.199. The number of benzene rings is 1. The van der Waals surface area contributed by atoms with Crippen molar-refractivity contribution in [3.63, 3.8) is 0 Å². The van der Waals surface area contributed by atoms with Gasteiger partial charge in [-0.3, -0.25) is 4.99 Å². The van der Waals surface area contributed by atoms with Crippen molar-refractivity contribution < 1.29 is 0 Å². The van der Waals surface area contributed by atoms with Gasteiger partial charge in [0.15, 0.2) is 11.6 Å². The molecule has 0 bridgehead atoms. The second-order valence-electron chi connectivity index (χ2n) is 5.20. The fourth-order valence-corrected chi connectivity index (χ4v) is 3.31. The summed E-state index contributed by atoms with van der Waals surface area (Å²) in [4.78, 5) is 17.0. The summed E-state index contributed by atoms with van der Waals surface area (Å²) in [7, 11) is 0. The fraction of sp³-hybridized carbons (Fsp3) is 0.188. The number of nitrogens with zero attached hydrogens (tertiary/aromatic N) is 3. The van der Waals surface area contributed by atoms with Crippen molar-refractivity contribution in [3.05, 3.63) is 42.6 Å². The van der Waals surface area contributed by atoms with Gasteiger partial charge in [-0.05, 0) is 13.0 Å². The molecule has 0 radical (unpaired) electrons. The Morgan fingerprint density at radius 3 is 2.77 bits per heavy atom. The maximum Gasteiger partial charge on any atom is 0.162 e. The topological polar surface area (TPSA) is 66.0 Å². The zero-order valence-corrected chi connectivity index (χ0v) is 12.8. The Balaban J connectivity index is 1.77. The molecule has 3 aromatic rings. The molecule has 0 saturated heterocycles. The molecule has 2 atom stereocenters. The third-order valence-corrected chi connectivity index (χ3v) is 4.71. The lowest BCUT2D eigenvalue weighted by Crippen LogP contribution is -2.24. The van der Waals surface area contributed by atoms with Gasteiger partial charge in [-0.2, -0.15) is 0 Å². The molecule has 0 amide bonds. The Kier molecular flexibility index (Phi) is 3.31. The minimum absolute atomic E-state index is 0.199. The molecule has 0 fully saturated rings. The van der Waals surface area contributed by atoms with E-state index in [9.17, 15) is 0 Å². The van der Waals surface area contributed by atoms with Crippen LogP contribution in [0.4, 0.5) is 5.82 Å². The number of nitrogens with one attached hydrogen (secondary N) is 2. The second-order valence-corrected chi connectivity index (χ2v) is 6.19. The first-order valence-electron chi connectivity index (χ1n) is 7.15. The van der Waals surface area contributed by atoms with Crippen molar-refractivity contribution in [2.24, 2.45) is 4.99 Å². The van der Waals surface area contributed by atoms with Gasteiger partial charge in [0.2, 0.25) is 0 Å². The van der Waals surface area contributed by atoms with Gasteiger partial charge >= 0.3 is 0 Å². The molecule has 0 saturated carbocycles. The second kappa shape index (κ2) is 5.46. The number of thioether (sulfide) groups is 1. The summed E-state index contributed by atoms with van der Waals surface area (Å²) in [6.45, 7) is 2.10. The first kappa shape index (κ1) is 13.3. The third-order valence-electron chi connectivity index (χ3n) is 3.66. The predicted molar refractivity (Wildman–Crippen MR) is 92.3 cm³/mol. The quantitative estimate of drug-likeness (QED) is 0.777. The molecular formula is C16H15N5S. The van der Waals surface area contributed by atoms with Crippen molar-refractivity contribution in [2.75, 3.05) is 5.32 Å². The van der Waals surface area contributed by atoms with Gasteiger partial charge in [-0.1, -0.05) is 42.1 Å². The standard InChI is InChI=1S/C16H15N5S/c1-10-16(22-9-18-10)21-15-13-12(7-8-17-13)19-14(20-15)11-5-3-2-4-6-11/h2-10,16-17H,1H3,(H,19,20,21). The highest BCUT2D eigenvalue weighted by atomic mass is 32.2. The predicted octanol–water partition coefficient (Wildman–Crippen LogP) is 3.53. The van der Waals surface area contributed by atoms with Crippen LogP contribution in [0.25, 0.3) is 22.4 Å². The minimum Gasteiger partial charge on any atom is -0.357 e. The first-order chi connectivity index (χ1) is 10.8. The average molecular weight is 309 g/mol. The van der Waals surface area contributed by atoms with E-state index in [-0.39, 0.29) is 11.4 Å². The van der Waals surface area contributed by atoms with Crippen LogP contribution in [0.15, 0.2) is 47.6 Å². The summed E-state index contributed by atoms with van der Waals surface area (Å²) in [6.07, 6.45) is 1.89. The number of H-pyrrole nitrogens is 1. The molecule has 2 unspecified atom stereocenters. The number of aliphatic imine (C=N–C) groups is 1. The van der Waals surface area contributed by atoms with E-state index in [1.165, 1.54) is 0 Å². The highest BCUT2D eigenvalue weighted by Gasteiger charge is 2.22. The van der Waals surface area contributed by atoms with Crippen LogP contribution in [0, 0.1) is 0 Å². The number of anilines is 1. The van der Waals surface area contributed by atoms with Crippen LogP contribution in [-0.4, -0.2) is 31.9 Å². The van der Waals surface area contributed by atoms with Crippen LogP contribution in [0.1, 0.15) is 6.92 Å². The number of rotatable bonds is 3. The molecule has 5 nitrogen and oxygen atoms in total. The van der Waals surface area contributed by atoms with E-state index in [0.29, 0.717) is 0 Å². The van der Waals surface area contributed by atoms with Crippen LogP contribution in [-0.2, 0) is 0 Å². The fourth-order valence-electron chi connectivity index (χ4n) is 2.44. The molecule has 1 aliphatic rings. The summed E-state index contributed by atoms with van der Waals surface area (Å²) in [6, 6.07) is 12.2. The summed E-state index contributed by atoms with van der Waals surface area (Å²) >= 11 is 1.68.